The van der Waals surface area contributed by atoms with Gasteiger partial charge in [0.1, 0.15) is 10.8 Å². The van der Waals surface area contributed by atoms with Crippen molar-refractivity contribution in [3.63, 3.8) is 0 Å². The first-order valence-corrected chi connectivity index (χ1v) is 7.31. The lowest BCUT2D eigenvalue weighted by Gasteiger charge is -2.27. The van der Waals surface area contributed by atoms with Crippen molar-refractivity contribution in [2.75, 3.05) is 6.54 Å². The molecule has 1 atom stereocenters. The van der Waals surface area contributed by atoms with Crippen molar-refractivity contribution in [1.82, 2.24) is 4.90 Å². The number of nitrogens with zero attached hydrogens (tertiary/aromatic N) is 1. The van der Waals surface area contributed by atoms with Crippen LogP contribution in [0.15, 0.2) is 18.2 Å². The number of halogens is 1. The van der Waals surface area contributed by atoms with E-state index >= 15 is 0 Å². The smallest absolute Gasteiger partial charge is 0.127 e. The van der Waals surface area contributed by atoms with Gasteiger partial charge in [0, 0.05) is 23.7 Å². The van der Waals surface area contributed by atoms with Crippen molar-refractivity contribution >= 4 is 17.2 Å². The average Bonchev–Trinajstić information content (AvgIpc) is 2.57. The zero-order chi connectivity index (χ0) is 13.8. The van der Waals surface area contributed by atoms with Crippen LogP contribution in [0.25, 0.3) is 0 Å². The Bertz CT molecular complexity index is 461. The maximum Gasteiger partial charge on any atom is 0.127 e. The van der Waals surface area contributed by atoms with E-state index in [0.717, 1.165) is 12.1 Å². The molecule has 1 aromatic carbocycles. The predicted octanol–water partition coefficient (Wildman–Crippen LogP) is 3.22. The third-order valence-corrected chi connectivity index (χ3v) is 4.13. The van der Waals surface area contributed by atoms with Crippen molar-refractivity contribution in [3.8, 4) is 0 Å². The second-order valence-corrected chi connectivity index (χ2v) is 5.78. The summed E-state index contributed by atoms with van der Waals surface area (Å²) in [7, 11) is 0. The van der Waals surface area contributed by atoms with Crippen molar-refractivity contribution in [1.29, 1.82) is 0 Å². The van der Waals surface area contributed by atoms with E-state index in [1.807, 2.05) is 0 Å². The van der Waals surface area contributed by atoms with Crippen molar-refractivity contribution in [3.05, 3.63) is 35.1 Å². The molecule has 1 aromatic rings. The number of hydrogen-bond donors (Lipinski definition) is 1. The van der Waals surface area contributed by atoms with Crippen molar-refractivity contribution < 1.29 is 4.39 Å². The van der Waals surface area contributed by atoms with Gasteiger partial charge in [0.05, 0.1) is 0 Å². The largest absolute Gasteiger partial charge is 0.389 e. The van der Waals surface area contributed by atoms with E-state index in [4.69, 9.17) is 18.0 Å². The fourth-order valence-corrected chi connectivity index (χ4v) is 2.76. The molecule has 0 radical (unpaired) electrons. The van der Waals surface area contributed by atoms with Crippen LogP contribution in [0.2, 0.25) is 0 Å². The minimum atomic E-state index is -0.170. The Morgan fingerprint density at radius 3 is 2.95 bits per heavy atom. The first-order chi connectivity index (χ1) is 9.08. The van der Waals surface area contributed by atoms with E-state index in [2.05, 4.69) is 11.8 Å². The van der Waals surface area contributed by atoms with E-state index in [0.29, 0.717) is 23.1 Å². The van der Waals surface area contributed by atoms with Gasteiger partial charge in [-0.25, -0.2) is 4.39 Å². The van der Waals surface area contributed by atoms with Crippen LogP contribution in [0.5, 0.6) is 0 Å². The third kappa shape index (κ3) is 3.74. The summed E-state index contributed by atoms with van der Waals surface area (Å²) in [5.74, 6) is -0.170. The molecule has 0 saturated carbocycles. The van der Waals surface area contributed by atoms with E-state index < -0.39 is 0 Å². The van der Waals surface area contributed by atoms with E-state index in [1.165, 1.54) is 31.7 Å². The van der Waals surface area contributed by atoms with Gasteiger partial charge in [0.15, 0.2) is 0 Å². The first kappa shape index (κ1) is 14.4. The van der Waals surface area contributed by atoms with Gasteiger partial charge in [-0.1, -0.05) is 25.1 Å². The minimum Gasteiger partial charge on any atom is -0.389 e. The van der Waals surface area contributed by atoms with Gasteiger partial charge >= 0.3 is 0 Å². The molecule has 0 amide bonds. The summed E-state index contributed by atoms with van der Waals surface area (Å²) in [6, 6.07) is 5.41. The highest BCUT2D eigenvalue weighted by molar-refractivity contribution is 7.80. The summed E-state index contributed by atoms with van der Waals surface area (Å²) in [5.41, 5.74) is 7.05. The number of likely N-dealkylation sites (tertiary alicyclic amines) is 1. The van der Waals surface area contributed by atoms with Crippen LogP contribution in [0.1, 0.15) is 43.7 Å². The second-order valence-electron chi connectivity index (χ2n) is 5.34. The van der Waals surface area contributed by atoms with Crippen LogP contribution < -0.4 is 5.73 Å². The molecule has 19 heavy (non-hydrogen) atoms. The van der Waals surface area contributed by atoms with Gasteiger partial charge in [0.25, 0.3) is 0 Å². The summed E-state index contributed by atoms with van der Waals surface area (Å²) >= 11 is 4.96. The Hall–Kier alpha value is -1.00. The van der Waals surface area contributed by atoms with Gasteiger partial charge in [-0.3, -0.25) is 4.90 Å². The zero-order valence-corrected chi connectivity index (χ0v) is 12.2. The molecule has 2 rings (SSSR count). The summed E-state index contributed by atoms with van der Waals surface area (Å²) in [5, 5.41) is 0. The molecule has 1 heterocycles. The molecule has 1 saturated heterocycles. The number of nitrogens with two attached hydrogens (primary N) is 1. The summed E-state index contributed by atoms with van der Waals surface area (Å²) < 4.78 is 13.9. The molecule has 2 N–H and O–H groups in total. The SMILES string of the molecule is CC1CCCCCN1Cc1cc(C(N)=S)ccc1F. The topological polar surface area (TPSA) is 29.3 Å². The third-order valence-electron chi connectivity index (χ3n) is 3.89. The molecule has 1 unspecified atom stereocenters. The van der Waals surface area contributed by atoms with Crippen LogP contribution >= 0.6 is 12.2 Å². The summed E-state index contributed by atoms with van der Waals surface area (Å²) in [6.45, 7) is 3.90. The average molecular weight is 280 g/mol. The monoisotopic (exact) mass is 280 g/mol. The molecule has 0 aromatic heterocycles. The van der Waals surface area contributed by atoms with Gasteiger partial charge < -0.3 is 5.73 Å². The highest BCUT2D eigenvalue weighted by Crippen LogP contribution is 2.20. The van der Waals surface area contributed by atoms with E-state index in [9.17, 15) is 4.39 Å². The van der Waals surface area contributed by atoms with Gasteiger partial charge in [-0.05, 0) is 44.5 Å². The lowest BCUT2D eigenvalue weighted by atomic mass is 10.1. The van der Waals surface area contributed by atoms with Gasteiger partial charge in [-0.15, -0.1) is 0 Å². The fourth-order valence-electron chi connectivity index (χ4n) is 2.64. The molecular formula is C15H21FN2S. The molecule has 104 valence electrons. The Labute approximate surface area is 119 Å². The van der Waals surface area contributed by atoms with Crippen LogP contribution in [0.4, 0.5) is 4.39 Å². The lowest BCUT2D eigenvalue weighted by Crippen LogP contribution is -2.32. The Morgan fingerprint density at radius 2 is 2.21 bits per heavy atom. The highest BCUT2D eigenvalue weighted by Gasteiger charge is 2.18. The standard InChI is InChI=1S/C15H21FN2S/c1-11-5-3-2-4-8-18(11)10-13-9-12(15(17)19)6-7-14(13)16/h6-7,9,11H,2-5,8,10H2,1H3,(H2,17,19). The quantitative estimate of drug-likeness (QED) is 0.862. The van der Waals surface area contributed by atoms with Crippen molar-refractivity contribution in [2.45, 2.75) is 45.2 Å². The Kier molecular flexibility index (Phi) is 4.88. The second kappa shape index (κ2) is 6.44. The molecular weight excluding hydrogens is 259 g/mol. The van der Waals surface area contributed by atoms with Gasteiger partial charge in [0.2, 0.25) is 0 Å². The summed E-state index contributed by atoms with van der Waals surface area (Å²) in [4.78, 5) is 2.68. The van der Waals surface area contributed by atoms with Gasteiger partial charge in [-0.2, -0.15) is 0 Å². The first-order valence-electron chi connectivity index (χ1n) is 6.90. The minimum absolute atomic E-state index is 0.170. The van der Waals surface area contributed by atoms with Crippen LogP contribution in [0.3, 0.4) is 0 Å². The molecule has 2 nitrogen and oxygen atoms in total. The number of rotatable bonds is 3. The zero-order valence-electron chi connectivity index (χ0n) is 11.4. The molecule has 4 heteroatoms. The number of benzene rings is 1. The normalized spacial score (nSPS) is 21.1. The van der Waals surface area contributed by atoms with Crippen LogP contribution in [-0.4, -0.2) is 22.5 Å². The molecule has 0 aliphatic carbocycles. The predicted molar refractivity (Wildman–Crippen MR) is 80.6 cm³/mol. The number of thiocarbonyl (C=S) groups is 1. The van der Waals surface area contributed by atoms with Crippen LogP contribution in [-0.2, 0) is 6.54 Å². The summed E-state index contributed by atoms with van der Waals surface area (Å²) in [6.07, 6.45) is 4.93. The molecule has 1 aliphatic rings. The van der Waals surface area contributed by atoms with Crippen LogP contribution in [0, 0.1) is 5.82 Å². The van der Waals surface area contributed by atoms with E-state index in [-0.39, 0.29) is 5.82 Å². The molecule has 0 spiro atoms. The maximum atomic E-state index is 13.9. The Morgan fingerprint density at radius 1 is 1.42 bits per heavy atom. The Balaban J connectivity index is 2.16. The molecule has 1 aliphatic heterocycles. The molecule has 0 bridgehead atoms. The fraction of sp³-hybridized carbons (Fsp3) is 0.533. The highest BCUT2D eigenvalue weighted by atomic mass is 32.1. The van der Waals surface area contributed by atoms with Crippen molar-refractivity contribution in [2.24, 2.45) is 5.73 Å². The lowest BCUT2D eigenvalue weighted by molar-refractivity contribution is 0.202. The maximum absolute atomic E-state index is 13.9. The number of hydrogen-bond acceptors (Lipinski definition) is 2. The van der Waals surface area contributed by atoms with E-state index in [1.54, 1.807) is 12.1 Å². The molecule has 1 fully saturated rings.